The lowest BCUT2D eigenvalue weighted by Crippen LogP contribution is -2.09. The number of carbonyl (C=O) groups is 1. The Balaban J connectivity index is 3.21. The highest BCUT2D eigenvalue weighted by Crippen LogP contribution is 2.09. The molecule has 0 aromatic carbocycles. The van der Waals surface area contributed by atoms with Crippen LogP contribution in [0, 0.1) is 4.77 Å². The highest BCUT2D eigenvalue weighted by atomic mass is 32.1. The molecule has 0 aliphatic heterocycles. The Hall–Kier alpha value is -1.14. The summed E-state index contributed by atoms with van der Waals surface area (Å²) in [7, 11) is 3.03. The number of H-pyrrole nitrogens is 1. The Kier molecular flexibility index (Phi) is 3.43. The molecular weight excluding hydrogens is 204 g/mol. The van der Waals surface area contributed by atoms with Gasteiger partial charge in [0, 0.05) is 20.1 Å². The zero-order valence-electron chi connectivity index (χ0n) is 8.03. The van der Waals surface area contributed by atoms with Crippen molar-refractivity contribution in [2.45, 2.75) is 6.42 Å². The average Bonchev–Trinajstić information content (AvgIpc) is 2.45. The first-order valence-electron chi connectivity index (χ1n) is 4.08. The highest BCUT2D eigenvalue weighted by Gasteiger charge is 2.16. The maximum atomic E-state index is 11.3. The summed E-state index contributed by atoms with van der Waals surface area (Å²) in [6, 6.07) is 0. The molecule has 0 saturated carbocycles. The van der Waals surface area contributed by atoms with E-state index in [4.69, 9.17) is 17.3 Å². The molecular formula is C8H12N2O3S. The summed E-state index contributed by atoms with van der Waals surface area (Å²) in [5, 5.41) is 8.82. The topological polar surface area (TPSA) is 67.2 Å². The molecule has 0 aliphatic rings. The summed E-state index contributed by atoms with van der Waals surface area (Å²) in [4.78, 5) is 14.0. The Bertz CT molecular complexity index is 394. The number of imidazole rings is 1. The molecule has 0 aliphatic carbocycles. The van der Waals surface area contributed by atoms with Crippen LogP contribution in [0.1, 0.15) is 16.2 Å². The van der Waals surface area contributed by atoms with Crippen molar-refractivity contribution < 1.29 is 14.6 Å². The molecule has 1 aromatic heterocycles. The molecule has 14 heavy (non-hydrogen) atoms. The van der Waals surface area contributed by atoms with Crippen LogP contribution in [0.25, 0.3) is 0 Å². The largest absolute Gasteiger partial charge is 0.464 e. The van der Waals surface area contributed by atoms with Crippen molar-refractivity contribution in [3.8, 4) is 0 Å². The van der Waals surface area contributed by atoms with Crippen molar-refractivity contribution in [2.75, 3.05) is 13.7 Å². The van der Waals surface area contributed by atoms with Crippen molar-refractivity contribution in [1.82, 2.24) is 9.55 Å². The highest BCUT2D eigenvalue weighted by molar-refractivity contribution is 7.71. The van der Waals surface area contributed by atoms with E-state index in [2.05, 4.69) is 9.72 Å². The van der Waals surface area contributed by atoms with Crippen molar-refractivity contribution in [3.05, 3.63) is 16.2 Å². The summed E-state index contributed by atoms with van der Waals surface area (Å²) in [5.74, 6) is -0.472. The van der Waals surface area contributed by atoms with E-state index in [1.54, 1.807) is 11.6 Å². The van der Waals surface area contributed by atoms with Gasteiger partial charge in [-0.05, 0) is 12.2 Å². The van der Waals surface area contributed by atoms with Gasteiger partial charge in [-0.2, -0.15) is 0 Å². The van der Waals surface area contributed by atoms with Gasteiger partial charge in [0.15, 0.2) is 4.77 Å². The first-order valence-corrected chi connectivity index (χ1v) is 4.49. The number of nitrogens with one attached hydrogen (secondary N) is 1. The second-order valence-electron chi connectivity index (χ2n) is 2.78. The molecule has 0 saturated heterocycles. The molecule has 1 heterocycles. The molecule has 0 bridgehead atoms. The third kappa shape index (κ3) is 1.85. The van der Waals surface area contributed by atoms with E-state index in [-0.39, 0.29) is 6.61 Å². The van der Waals surface area contributed by atoms with Crippen molar-refractivity contribution in [3.63, 3.8) is 0 Å². The van der Waals surface area contributed by atoms with Crippen LogP contribution in [0.3, 0.4) is 0 Å². The lowest BCUT2D eigenvalue weighted by atomic mass is 10.2. The number of ether oxygens (including phenoxy) is 1. The van der Waals surface area contributed by atoms with Crippen molar-refractivity contribution >= 4 is 18.2 Å². The first kappa shape index (κ1) is 10.9. The maximum absolute atomic E-state index is 11.3. The van der Waals surface area contributed by atoms with Crippen molar-refractivity contribution in [2.24, 2.45) is 7.05 Å². The molecule has 5 nitrogen and oxygen atoms in total. The Labute approximate surface area is 86.3 Å². The van der Waals surface area contributed by atoms with Crippen LogP contribution in [0.2, 0.25) is 0 Å². The fourth-order valence-electron chi connectivity index (χ4n) is 1.22. The summed E-state index contributed by atoms with van der Waals surface area (Å²) in [5.41, 5.74) is 0.971. The number of aromatic nitrogens is 2. The zero-order valence-corrected chi connectivity index (χ0v) is 8.85. The van der Waals surface area contributed by atoms with E-state index < -0.39 is 5.97 Å². The van der Waals surface area contributed by atoms with Gasteiger partial charge in [0.05, 0.1) is 12.8 Å². The number of aliphatic hydroxyl groups is 1. The van der Waals surface area contributed by atoms with Gasteiger partial charge in [-0.3, -0.25) is 0 Å². The number of hydrogen-bond acceptors (Lipinski definition) is 4. The van der Waals surface area contributed by atoms with Crippen LogP contribution in [-0.2, 0) is 18.2 Å². The van der Waals surface area contributed by atoms with Crippen LogP contribution in [0.5, 0.6) is 0 Å². The molecule has 2 N–H and O–H groups in total. The van der Waals surface area contributed by atoms with Gasteiger partial charge in [-0.25, -0.2) is 4.79 Å². The van der Waals surface area contributed by atoms with E-state index in [0.717, 1.165) is 0 Å². The predicted molar refractivity (Wildman–Crippen MR) is 52.7 cm³/mol. The molecule has 1 aromatic rings. The molecule has 0 fully saturated rings. The quantitative estimate of drug-likeness (QED) is 0.567. The van der Waals surface area contributed by atoms with Crippen LogP contribution in [0.15, 0.2) is 0 Å². The second-order valence-corrected chi connectivity index (χ2v) is 3.16. The van der Waals surface area contributed by atoms with E-state index >= 15 is 0 Å². The number of hydrogen-bond donors (Lipinski definition) is 2. The number of rotatable bonds is 3. The van der Waals surface area contributed by atoms with Crippen LogP contribution in [-0.4, -0.2) is 34.3 Å². The minimum Gasteiger partial charge on any atom is -0.464 e. The summed E-state index contributed by atoms with van der Waals surface area (Å²) >= 11 is 4.96. The van der Waals surface area contributed by atoms with Crippen molar-refractivity contribution in [1.29, 1.82) is 0 Å². The first-order chi connectivity index (χ1) is 6.61. The number of esters is 1. The smallest absolute Gasteiger partial charge is 0.356 e. The van der Waals surface area contributed by atoms with Gasteiger partial charge in [-0.15, -0.1) is 0 Å². The Morgan fingerprint density at radius 2 is 2.36 bits per heavy atom. The molecule has 6 heteroatoms. The van der Waals surface area contributed by atoms with Gasteiger partial charge in [0.2, 0.25) is 0 Å². The molecule has 0 atom stereocenters. The van der Waals surface area contributed by atoms with Crippen LogP contribution in [0.4, 0.5) is 0 Å². The SMILES string of the molecule is COC(=O)c1[nH]c(=S)n(C)c1CCO. The van der Waals surface area contributed by atoms with Gasteiger partial charge >= 0.3 is 5.97 Å². The standard InChI is InChI=1S/C8H12N2O3S/c1-10-5(3-4-11)6(7(12)13-2)9-8(10)14/h11H,3-4H2,1-2H3,(H,9,14). The van der Waals surface area contributed by atoms with Gasteiger partial charge in [-0.1, -0.05) is 0 Å². The molecule has 78 valence electrons. The van der Waals surface area contributed by atoms with E-state index in [1.807, 2.05) is 0 Å². The fraction of sp³-hybridized carbons (Fsp3) is 0.500. The summed E-state index contributed by atoms with van der Waals surface area (Å²) in [6.07, 6.45) is 0.369. The maximum Gasteiger partial charge on any atom is 0.356 e. The van der Waals surface area contributed by atoms with Crippen LogP contribution >= 0.6 is 12.2 Å². The molecule has 1 rings (SSSR count). The summed E-state index contributed by atoms with van der Waals surface area (Å²) in [6.45, 7) is -0.0372. The van der Waals surface area contributed by atoms with Gasteiger partial charge < -0.3 is 19.4 Å². The second kappa shape index (κ2) is 4.39. The number of aliphatic hydroxyl groups excluding tert-OH is 1. The number of carbonyl (C=O) groups excluding carboxylic acids is 1. The monoisotopic (exact) mass is 216 g/mol. The Morgan fingerprint density at radius 3 is 2.86 bits per heavy atom. The molecule has 0 amide bonds. The van der Waals surface area contributed by atoms with Gasteiger partial charge in [0.1, 0.15) is 5.69 Å². The normalized spacial score (nSPS) is 10.2. The minimum absolute atomic E-state index is 0.0372. The minimum atomic E-state index is -0.472. The number of aromatic amines is 1. The zero-order chi connectivity index (χ0) is 10.7. The van der Waals surface area contributed by atoms with Gasteiger partial charge in [0.25, 0.3) is 0 Å². The lowest BCUT2D eigenvalue weighted by molar-refractivity contribution is 0.0593. The fourth-order valence-corrected chi connectivity index (χ4v) is 1.43. The van der Waals surface area contributed by atoms with Crippen LogP contribution < -0.4 is 0 Å². The lowest BCUT2D eigenvalue weighted by Gasteiger charge is -2.02. The number of methoxy groups -OCH3 is 1. The third-order valence-corrected chi connectivity index (χ3v) is 2.34. The van der Waals surface area contributed by atoms with E-state index in [1.165, 1.54) is 7.11 Å². The molecule has 0 spiro atoms. The average molecular weight is 216 g/mol. The summed E-state index contributed by atoms with van der Waals surface area (Å²) < 4.78 is 6.67. The van der Waals surface area contributed by atoms with E-state index in [0.29, 0.717) is 22.6 Å². The number of nitrogens with zero attached hydrogens (tertiary/aromatic N) is 1. The third-order valence-electron chi connectivity index (χ3n) is 1.97. The molecule has 0 radical (unpaired) electrons. The molecule has 0 unspecified atom stereocenters. The predicted octanol–water partition coefficient (Wildman–Crippen LogP) is 0.404. The van der Waals surface area contributed by atoms with E-state index in [9.17, 15) is 4.79 Å². The Morgan fingerprint density at radius 1 is 1.71 bits per heavy atom.